The van der Waals surface area contributed by atoms with Crippen molar-refractivity contribution in [3.8, 4) is 17.3 Å². The van der Waals surface area contributed by atoms with Crippen LogP contribution in [0.4, 0.5) is 5.82 Å². The molecule has 1 aromatic heterocycles. The average molecular weight is 300 g/mol. The number of benzene rings is 2. The maximum Gasteiger partial charge on any atom is 0.183 e. The zero-order valence-corrected chi connectivity index (χ0v) is 12.6. The first-order chi connectivity index (χ1) is 11.3. The molecule has 3 aromatic rings. The zero-order chi connectivity index (χ0) is 16.1. The minimum Gasteiger partial charge on any atom is -0.381 e. The van der Waals surface area contributed by atoms with Crippen molar-refractivity contribution < 1.29 is 0 Å². The van der Waals surface area contributed by atoms with E-state index in [0.717, 1.165) is 23.4 Å². The lowest BCUT2D eigenvalue weighted by molar-refractivity contribution is 0.900. The maximum atomic E-state index is 9.16. The van der Waals surface area contributed by atoms with Gasteiger partial charge in [-0.2, -0.15) is 5.26 Å². The van der Waals surface area contributed by atoms with Crippen molar-refractivity contribution in [3.63, 3.8) is 0 Å². The molecule has 0 spiro atoms. The van der Waals surface area contributed by atoms with Crippen molar-refractivity contribution in [3.05, 3.63) is 77.6 Å². The fourth-order valence-electron chi connectivity index (χ4n) is 2.47. The molecule has 1 heterocycles. The summed E-state index contributed by atoms with van der Waals surface area (Å²) >= 11 is 0. The summed E-state index contributed by atoms with van der Waals surface area (Å²) in [6.07, 6.45) is 1.54. The van der Waals surface area contributed by atoms with E-state index in [4.69, 9.17) is 11.0 Å². The van der Waals surface area contributed by atoms with Gasteiger partial charge in [0, 0.05) is 5.56 Å². The van der Waals surface area contributed by atoms with Gasteiger partial charge in [-0.1, -0.05) is 60.7 Å². The molecule has 0 saturated carbocycles. The Hall–Kier alpha value is -3.19. The van der Waals surface area contributed by atoms with Crippen molar-refractivity contribution in [2.24, 2.45) is 0 Å². The van der Waals surface area contributed by atoms with Crippen LogP contribution < -0.4 is 5.73 Å². The van der Waals surface area contributed by atoms with Gasteiger partial charge in [0.05, 0.1) is 11.4 Å². The smallest absolute Gasteiger partial charge is 0.183 e. The molecule has 3 rings (SSSR count). The fourth-order valence-corrected chi connectivity index (χ4v) is 2.47. The number of nitrogens with two attached hydrogens (primary N) is 1. The molecule has 0 fully saturated rings. The summed E-state index contributed by atoms with van der Waals surface area (Å²) in [4.78, 5) is 8.85. The van der Waals surface area contributed by atoms with Crippen molar-refractivity contribution in [1.29, 1.82) is 5.26 Å². The molecule has 0 amide bonds. The maximum absolute atomic E-state index is 9.16. The van der Waals surface area contributed by atoms with Gasteiger partial charge in [0.2, 0.25) is 0 Å². The third kappa shape index (κ3) is 3.35. The largest absolute Gasteiger partial charge is 0.381 e. The number of nitrogen functional groups attached to an aromatic ring is 1. The summed E-state index contributed by atoms with van der Waals surface area (Å²) in [6.45, 7) is 0. The van der Waals surface area contributed by atoms with E-state index in [0.29, 0.717) is 6.42 Å². The lowest BCUT2D eigenvalue weighted by Crippen LogP contribution is -2.06. The number of aryl methyl sites for hydroxylation is 2. The van der Waals surface area contributed by atoms with E-state index >= 15 is 0 Å². The minimum atomic E-state index is 0.176. The Kier molecular flexibility index (Phi) is 4.30. The standard InChI is InChI=1S/C19H16N4/c20-13-17-19(21)23-18(15-9-5-2-6-10-15)16(22-17)12-11-14-7-3-1-4-8-14/h1-10H,11-12H2,(H2,21,23). The van der Waals surface area contributed by atoms with Crippen LogP contribution in [0.1, 0.15) is 17.0 Å². The van der Waals surface area contributed by atoms with Gasteiger partial charge < -0.3 is 5.73 Å². The van der Waals surface area contributed by atoms with Gasteiger partial charge in [-0.3, -0.25) is 0 Å². The highest BCUT2D eigenvalue weighted by molar-refractivity contribution is 5.64. The second-order valence-corrected chi connectivity index (χ2v) is 5.22. The van der Waals surface area contributed by atoms with E-state index < -0.39 is 0 Å². The highest BCUT2D eigenvalue weighted by Crippen LogP contribution is 2.23. The van der Waals surface area contributed by atoms with Crippen LogP contribution in [0.25, 0.3) is 11.3 Å². The van der Waals surface area contributed by atoms with E-state index in [1.165, 1.54) is 5.56 Å². The van der Waals surface area contributed by atoms with Crippen LogP contribution in [0.3, 0.4) is 0 Å². The number of hydrogen-bond acceptors (Lipinski definition) is 4. The Morgan fingerprint density at radius 1 is 0.870 bits per heavy atom. The second-order valence-electron chi connectivity index (χ2n) is 5.22. The molecule has 0 aliphatic rings. The first kappa shape index (κ1) is 14.7. The van der Waals surface area contributed by atoms with Crippen LogP contribution in [0.5, 0.6) is 0 Å². The van der Waals surface area contributed by atoms with Crippen LogP contribution in [-0.2, 0) is 12.8 Å². The number of aromatic nitrogens is 2. The molecule has 112 valence electrons. The first-order valence-corrected chi connectivity index (χ1v) is 7.44. The van der Waals surface area contributed by atoms with Gasteiger partial charge in [0.1, 0.15) is 6.07 Å². The van der Waals surface area contributed by atoms with Crippen molar-refractivity contribution in [2.75, 3.05) is 5.73 Å². The Bertz CT molecular complexity index is 836. The van der Waals surface area contributed by atoms with Gasteiger partial charge in [-0.15, -0.1) is 0 Å². The van der Waals surface area contributed by atoms with Gasteiger partial charge >= 0.3 is 0 Å². The number of rotatable bonds is 4. The van der Waals surface area contributed by atoms with Gasteiger partial charge in [0.25, 0.3) is 0 Å². The third-order valence-electron chi connectivity index (χ3n) is 3.64. The summed E-state index contributed by atoms with van der Waals surface area (Å²) in [5.74, 6) is 0.176. The summed E-state index contributed by atoms with van der Waals surface area (Å²) in [7, 11) is 0. The summed E-state index contributed by atoms with van der Waals surface area (Å²) in [5, 5.41) is 9.16. The van der Waals surface area contributed by atoms with E-state index in [9.17, 15) is 0 Å². The van der Waals surface area contributed by atoms with E-state index in [-0.39, 0.29) is 11.5 Å². The van der Waals surface area contributed by atoms with Crippen LogP contribution >= 0.6 is 0 Å². The van der Waals surface area contributed by atoms with E-state index in [2.05, 4.69) is 22.1 Å². The topological polar surface area (TPSA) is 75.6 Å². The lowest BCUT2D eigenvalue weighted by atomic mass is 10.0. The molecule has 0 aliphatic heterocycles. The van der Waals surface area contributed by atoms with Crippen LogP contribution in [-0.4, -0.2) is 9.97 Å². The number of anilines is 1. The summed E-state index contributed by atoms with van der Waals surface area (Å²) in [6, 6.07) is 22.0. The molecule has 4 nitrogen and oxygen atoms in total. The SMILES string of the molecule is N#Cc1nc(CCc2ccccc2)c(-c2ccccc2)nc1N. The van der Waals surface area contributed by atoms with Crippen molar-refractivity contribution >= 4 is 5.82 Å². The number of nitrogens with zero attached hydrogens (tertiary/aromatic N) is 3. The molecule has 4 heteroatoms. The molecule has 0 radical (unpaired) electrons. The Morgan fingerprint density at radius 3 is 2.17 bits per heavy atom. The molecule has 0 unspecified atom stereocenters. The van der Waals surface area contributed by atoms with Crippen LogP contribution in [0, 0.1) is 11.3 Å². The van der Waals surface area contributed by atoms with Crippen LogP contribution in [0.15, 0.2) is 60.7 Å². The zero-order valence-electron chi connectivity index (χ0n) is 12.6. The predicted octanol–water partition coefficient (Wildman–Crippen LogP) is 3.38. The third-order valence-corrected chi connectivity index (χ3v) is 3.64. The molecule has 0 bridgehead atoms. The quantitative estimate of drug-likeness (QED) is 0.801. The van der Waals surface area contributed by atoms with Crippen molar-refractivity contribution in [2.45, 2.75) is 12.8 Å². The molecule has 2 N–H and O–H groups in total. The Labute approximate surface area is 135 Å². The normalized spacial score (nSPS) is 10.2. The highest BCUT2D eigenvalue weighted by atomic mass is 14.9. The molecular weight excluding hydrogens is 284 g/mol. The monoisotopic (exact) mass is 300 g/mol. The molecule has 2 aromatic carbocycles. The Morgan fingerprint density at radius 2 is 1.52 bits per heavy atom. The van der Waals surface area contributed by atoms with Crippen LogP contribution in [0.2, 0.25) is 0 Å². The minimum absolute atomic E-state index is 0.176. The fraction of sp³-hybridized carbons (Fsp3) is 0.105. The number of hydrogen-bond donors (Lipinski definition) is 1. The van der Waals surface area contributed by atoms with Crippen molar-refractivity contribution in [1.82, 2.24) is 9.97 Å². The summed E-state index contributed by atoms with van der Waals surface area (Å²) < 4.78 is 0. The molecular formula is C19H16N4. The first-order valence-electron chi connectivity index (χ1n) is 7.44. The Balaban J connectivity index is 1.98. The van der Waals surface area contributed by atoms with E-state index in [1.54, 1.807) is 0 Å². The molecule has 0 aliphatic carbocycles. The summed E-state index contributed by atoms with van der Waals surface area (Å²) in [5.41, 5.74) is 9.77. The van der Waals surface area contributed by atoms with Gasteiger partial charge in [0.15, 0.2) is 11.5 Å². The van der Waals surface area contributed by atoms with Gasteiger partial charge in [-0.25, -0.2) is 9.97 Å². The number of nitriles is 1. The highest BCUT2D eigenvalue weighted by Gasteiger charge is 2.13. The van der Waals surface area contributed by atoms with E-state index in [1.807, 2.05) is 54.6 Å². The molecule has 23 heavy (non-hydrogen) atoms. The molecule has 0 saturated heterocycles. The lowest BCUT2D eigenvalue weighted by Gasteiger charge is -2.10. The molecule has 0 atom stereocenters. The second kappa shape index (κ2) is 6.71. The van der Waals surface area contributed by atoms with Gasteiger partial charge in [-0.05, 0) is 18.4 Å². The average Bonchev–Trinajstić information content (AvgIpc) is 2.62. The predicted molar refractivity (Wildman–Crippen MR) is 90.4 cm³/mol.